The number of benzene rings is 2. The number of nitrogens with one attached hydrogen (secondary N) is 1. The van der Waals surface area contributed by atoms with Crippen molar-refractivity contribution < 1.29 is 9.90 Å². The van der Waals surface area contributed by atoms with Gasteiger partial charge in [-0.1, -0.05) is 33.6 Å². The molecule has 0 aliphatic rings. The van der Waals surface area contributed by atoms with Gasteiger partial charge in [0.25, 0.3) is 5.91 Å². The first-order chi connectivity index (χ1) is 8.97. The number of carbonyl (C=O) groups is 1. The van der Waals surface area contributed by atoms with Crippen molar-refractivity contribution in [3.05, 3.63) is 57.0 Å². The lowest BCUT2D eigenvalue weighted by molar-refractivity contribution is 0.102. The van der Waals surface area contributed by atoms with Crippen molar-refractivity contribution in [3.8, 4) is 5.75 Å². The SMILES string of the molecule is Cc1ccc(C(=O)Nc2cc(Br)ccc2Cl)cc1O. The highest BCUT2D eigenvalue weighted by Gasteiger charge is 2.10. The van der Waals surface area contributed by atoms with Crippen LogP contribution in [0, 0.1) is 6.92 Å². The van der Waals surface area contributed by atoms with Gasteiger partial charge in [-0.2, -0.15) is 0 Å². The zero-order chi connectivity index (χ0) is 14.0. The quantitative estimate of drug-likeness (QED) is 0.853. The predicted octanol–water partition coefficient (Wildman–Crippen LogP) is 4.37. The van der Waals surface area contributed by atoms with Crippen LogP contribution in [0.3, 0.4) is 0 Å². The summed E-state index contributed by atoms with van der Waals surface area (Å²) in [6, 6.07) is 9.96. The van der Waals surface area contributed by atoms with Crippen LogP contribution in [0.4, 0.5) is 5.69 Å². The fraction of sp³-hybridized carbons (Fsp3) is 0.0714. The zero-order valence-electron chi connectivity index (χ0n) is 10.1. The monoisotopic (exact) mass is 339 g/mol. The van der Waals surface area contributed by atoms with Crippen molar-refractivity contribution in [1.29, 1.82) is 0 Å². The minimum absolute atomic E-state index is 0.0907. The van der Waals surface area contributed by atoms with Crippen molar-refractivity contribution in [1.82, 2.24) is 0 Å². The van der Waals surface area contributed by atoms with Gasteiger partial charge in [0.2, 0.25) is 0 Å². The molecule has 0 atom stereocenters. The van der Waals surface area contributed by atoms with E-state index in [9.17, 15) is 9.90 Å². The van der Waals surface area contributed by atoms with Crippen LogP contribution in [0.25, 0.3) is 0 Å². The molecule has 0 aliphatic carbocycles. The fourth-order valence-electron chi connectivity index (χ4n) is 1.54. The van der Waals surface area contributed by atoms with Gasteiger partial charge < -0.3 is 10.4 Å². The molecule has 0 bridgehead atoms. The Balaban J connectivity index is 2.25. The minimum Gasteiger partial charge on any atom is -0.508 e. The molecule has 0 saturated carbocycles. The molecule has 2 aromatic rings. The van der Waals surface area contributed by atoms with Gasteiger partial charge in [0.15, 0.2) is 0 Å². The maximum absolute atomic E-state index is 12.0. The number of phenolic OH excluding ortho intramolecular Hbond substituents is 1. The lowest BCUT2D eigenvalue weighted by Gasteiger charge is -2.08. The van der Waals surface area contributed by atoms with Crippen molar-refractivity contribution in [2.75, 3.05) is 5.32 Å². The van der Waals surface area contributed by atoms with Gasteiger partial charge in [-0.05, 0) is 42.8 Å². The smallest absolute Gasteiger partial charge is 0.255 e. The maximum Gasteiger partial charge on any atom is 0.255 e. The molecule has 2 rings (SSSR count). The summed E-state index contributed by atoms with van der Waals surface area (Å²) in [6.07, 6.45) is 0. The largest absolute Gasteiger partial charge is 0.508 e. The molecule has 3 nitrogen and oxygen atoms in total. The predicted molar refractivity (Wildman–Crippen MR) is 79.9 cm³/mol. The lowest BCUT2D eigenvalue weighted by Crippen LogP contribution is -2.12. The number of amides is 1. The first-order valence-corrected chi connectivity index (χ1v) is 6.70. The number of hydrogen-bond acceptors (Lipinski definition) is 2. The Labute approximate surface area is 124 Å². The van der Waals surface area contributed by atoms with E-state index in [2.05, 4.69) is 21.2 Å². The summed E-state index contributed by atoms with van der Waals surface area (Å²) in [5, 5.41) is 12.8. The summed E-state index contributed by atoms with van der Waals surface area (Å²) in [5.41, 5.74) is 1.61. The van der Waals surface area contributed by atoms with E-state index in [1.54, 1.807) is 37.3 Å². The van der Waals surface area contributed by atoms with E-state index in [0.717, 1.165) is 10.0 Å². The van der Waals surface area contributed by atoms with Gasteiger partial charge in [-0.15, -0.1) is 0 Å². The number of aromatic hydroxyl groups is 1. The number of carbonyl (C=O) groups excluding carboxylic acids is 1. The third kappa shape index (κ3) is 3.28. The maximum atomic E-state index is 12.0. The van der Waals surface area contributed by atoms with Gasteiger partial charge in [0.05, 0.1) is 10.7 Å². The van der Waals surface area contributed by atoms with Crippen LogP contribution in [0.15, 0.2) is 40.9 Å². The highest BCUT2D eigenvalue weighted by molar-refractivity contribution is 9.10. The van der Waals surface area contributed by atoms with E-state index in [0.29, 0.717) is 16.3 Å². The number of aryl methyl sites for hydroxylation is 1. The fourth-order valence-corrected chi connectivity index (χ4v) is 2.06. The molecule has 19 heavy (non-hydrogen) atoms. The number of phenols is 1. The Morgan fingerprint density at radius 3 is 2.68 bits per heavy atom. The summed E-state index contributed by atoms with van der Waals surface area (Å²) in [7, 11) is 0. The first kappa shape index (κ1) is 13.9. The molecule has 0 aromatic heterocycles. The topological polar surface area (TPSA) is 49.3 Å². The molecule has 0 aliphatic heterocycles. The normalized spacial score (nSPS) is 10.3. The Kier molecular flexibility index (Phi) is 4.12. The number of halogens is 2. The highest BCUT2D eigenvalue weighted by atomic mass is 79.9. The molecule has 0 radical (unpaired) electrons. The van der Waals surface area contributed by atoms with E-state index in [1.165, 1.54) is 6.07 Å². The molecule has 0 heterocycles. The average Bonchev–Trinajstić information content (AvgIpc) is 2.37. The summed E-state index contributed by atoms with van der Waals surface area (Å²) < 4.78 is 0.818. The molecular formula is C14H11BrClNO2. The number of anilines is 1. The second-order valence-corrected chi connectivity index (χ2v) is 5.40. The van der Waals surface area contributed by atoms with Crippen LogP contribution in [0.1, 0.15) is 15.9 Å². The molecule has 0 unspecified atom stereocenters. The molecule has 98 valence electrons. The van der Waals surface area contributed by atoms with Crippen LogP contribution in [0.5, 0.6) is 5.75 Å². The van der Waals surface area contributed by atoms with Gasteiger partial charge in [0.1, 0.15) is 5.75 Å². The zero-order valence-corrected chi connectivity index (χ0v) is 12.4. The average molecular weight is 341 g/mol. The molecule has 2 aromatic carbocycles. The second kappa shape index (κ2) is 5.63. The van der Waals surface area contributed by atoms with Gasteiger partial charge >= 0.3 is 0 Å². The minimum atomic E-state index is -0.324. The van der Waals surface area contributed by atoms with Crippen LogP contribution in [0.2, 0.25) is 5.02 Å². The van der Waals surface area contributed by atoms with E-state index in [-0.39, 0.29) is 11.7 Å². The van der Waals surface area contributed by atoms with Gasteiger partial charge in [-0.3, -0.25) is 4.79 Å². The van der Waals surface area contributed by atoms with Gasteiger partial charge in [-0.25, -0.2) is 0 Å². The molecular weight excluding hydrogens is 330 g/mol. The number of hydrogen-bond donors (Lipinski definition) is 2. The molecule has 0 saturated heterocycles. The summed E-state index contributed by atoms with van der Waals surface area (Å²) in [5.74, 6) is -0.233. The Morgan fingerprint density at radius 1 is 1.26 bits per heavy atom. The van der Waals surface area contributed by atoms with Crippen LogP contribution < -0.4 is 5.32 Å². The summed E-state index contributed by atoms with van der Waals surface area (Å²) in [6.45, 7) is 1.77. The number of rotatable bonds is 2. The summed E-state index contributed by atoms with van der Waals surface area (Å²) >= 11 is 9.31. The van der Waals surface area contributed by atoms with Crippen LogP contribution in [-0.2, 0) is 0 Å². The van der Waals surface area contributed by atoms with E-state index in [1.807, 2.05) is 0 Å². The van der Waals surface area contributed by atoms with Gasteiger partial charge in [0, 0.05) is 10.0 Å². The van der Waals surface area contributed by atoms with Crippen molar-refractivity contribution in [2.24, 2.45) is 0 Å². The van der Waals surface area contributed by atoms with Crippen molar-refractivity contribution in [3.63, 3.8) is 0 Å². The summed E-state index contributed by atoms with van der Waals surface area (Å²) in [4.78, 5) is 12.0. The third-order valence-electron chi connectivity index (χ3n) is 2.65. The Bertz CT molecular complexity index is 643. The molecule has 0 fully saturated rings. The third-order valence-corrected chi connectivity index (χ3v) is 3.47. The standard InChI is InChI=1S/C14H11BrClNO2/c1-8-2-3-9(6-13(8)18)14(19)17-12-7-10(15)4-5-11(12)16/h2-7,18H,1H3,(H,17,19). The van der Waals surface area contributed by atoms with Crippen molar-refractivity contribution >= 4 is 39.1 Å². The lowest BCUT2D eigenvalue weighted by atomic mass is 10.1. The molecule has 1 amide bonds. The highest BCUT2D eigenvalue weighted by Crippen LogP contribution is 2.26. The van der Waals surface area contributed by atoms with E-state index in [4.69, 9.17) is 11.6 Å². The molecule has 2 N–H and O–H groups in total. The molecule has 0 spiro atoms. The Hall–Kier alpha value is -1.52. The van der Waals surface area contributed by atoms with Crippen LogP contribution in [-0.4, -0.2) is 11.0 Å². The van der Waals surface area contributed by atoms with Crippen molar-refractivity contribution in [2.45, 2.75) is 6.92 Å². The molecule has 5 heteroatoms. The first-order valence-electron chi connectivity index (χ1n) is 5.53. The van der Waals surface area contributed by atoms with E-state index < -0.39 is 0 Å². The van der Waals surface area contributed by atoms with Crippen LogP contribution >= 0.6 is 27.5 Å². The second-order valence-electron chi connectivity index (χ2n) is 4.08. The van der Waals surface area contributed by atoms with E-state index >= 15 is 0 Å². The Morgan fingerprint density at radius 2 is 2.00 bits per heavy atom.